The average molecular weight is 238 g/mol. The molecule has 0 N–H and O–H groups in total. The fourth-order valence-electron chi connectivity index (χ4n) is 1.32. The largest absolute Gasteiger partial charge is 0.223 e. The molecule has 0 saturated heterocycles. The predicted octanol–water partition coefficient (Wildman–Crippen LogP) is 4.91. The molecule has 0 heterocycles. The minimum absolute atomic E-state index is 0.151. The van der Waals surface area contributed by atoms with Gasteiger partial charge in [-0.2, -0.15) is 0 Å². The van der Waals surface area contributed by atoms with E-state index in [1.54, 1.807) is 0 Å². The normalized spacial score (nSPS) is 15.9. The van der Waals surface area contributed by atoms with Crippen molar-refractivity contribution in [2.75, 3.05) is 18.8 Å². The Morgan fingerprint density at radius 3 is 1.69 bits per heavy atom. The summed E-state index contributed by atoms with van der Waals surface area (Å²) in [6, 6.07) is 0. The van der Waals surface area contributed by atoms with Gasteiger partial charge in [-0.05, 0) is 40.7 Å². The molecule has 16 heavy (non-hydrogen) atoms. The van der Waals surface area contributed by atoms with E-state index < -0.39 is 10.0 Å². The lowest BCUT2D eigenvalue weighted by atomic mass is 9.86. The summed E-state index contributed by atoms with van der Waals surface area (Å²) in [5.41, 5.74) is 1.41. The number of hydrogen-bond donors (Lipinski definition) is 0. The minimum atomic E-state index is -0.700. The van der Waals surface area contributed by atoms with Crippen LogP contribution in [0.3, 0.4) is 0 Å². The lowest BCUT2D eigenvalue weighted by molar-refractivity contribution is 0.517. The van der Waals surface area contributed by atoms with Crippen LogP contribution in [0.2, 0.25) is 0 Å². The van der Waals surface area contributed by atoms with Crippen LogP contribution in [-0.2, 0) is 0 Å². The maximum absolute atomic E-state index is 3.89. The van der Waals surface area contributed by atoms with E-state index in [0.717, 1.165) is 0 Å². The highest BCUT2D eigenvalue weighted by atomic mass is 32.3. The van der Waals surface area contributed by atoms with Crippen molar-refractivity contribution in [3.8, 4) is 0 Å². The molecule has 0 aromatic rings. The predicted molar refractivity (Wildman–Crippen MR) is 81.4 cm³/mol. The van der Waals surface area contributed by atoms with E-state index >= 15 is 0 Å². The molecule has 0 aromatic carbocycles. The van der Waals surface area contributed by atoms with Gasteiger partial charge in [-0.3, -0.25) is 0 Å². The molecule has 0 aliphatic carbocycles. The van der Waals surface area contributed by atoms with Crippen LogP contribution in [0.25, 0.3) is 0 Å². The molecule has 0 aliphatic rings. The maximum Gasteiger partial charge on any atom is -0.0112 e. The molecule has 0 amide bonds. The summed E-state index contributed by atoms with van der Waals surface area (Å²) >= 11 is 0. The molecule has 0 nitrogen and oxygen atoms in total. The second-order valence-corrected chi connectivity index (χ2v) is 9.83. The zero-order valence-corrected chi connectivity index (χ0v) is 12.4. The van der Waals surface area contributed by atoms with Gasteiger partial charge in [-0.15, -0.1) is 0 Å². The second kappa shape index (κ2) is 5.58. The highest BCUT2D eigenvalue weighted by molar-refractivity contribution is 8.35. The molecular weight excluding hydrogens is 212 g/mol. The highest BCUT2D eigenvalue weighted by Crippen LogP contribution is 2.45. The van der Waals surface area contributed by atoms with E-state index in [1.807, 2.05) is 12.2 Å². The first-order chi connectivity index (χ1) is 7.12. The summed E-state index contributed by atoms with van der Waals surface area (Å²) in [7, 11) is -0.700. The minimum Gasteiger partial charge on any atom is -0.223 e. The van der Waals surface area contributed by atoms with Crippen molar-refractivity contribution in [3.05, 3.63) is 47.9 Å². The lowest BCUT2D eigenvalue weighted by Gasteiger charge is -2.27. The SMILES string of the molecule is C=C/C(=C\C=C(/C=C)S(C)(C)C)C(C)(C)C. The summed E-state index contributed by atoms with van der Waals surface area (Å²) in [4.78, 5) is 1.33. The Bertz CT molecular complexity index is 282. The van der Waals surface area contributed by atoms with Crippen LogP contribution >= 0.6 is 10.0 Å². The smallest absolute Gasteiger partial charge is 0.0112 e. The van der Waals surface area contributed by atoms with Crippen LogP contribution in [0.5, 0.6) is 0 Å². The van der Waals surface area contributed by atoms with E-state index in [-0.39, 0.29) is 5.41 Å². The molecule has 0 bridgehead atoms. The standard InChI is InChI=1S/C15H26S/c1-9-13(15(3,4)5)11-12-14(10-2)16(6,7)8/h9-12H,1-2H2,3-8H3/b13-11+,14-12+. The lowest BCUT2D eigenvalue weighted by Crippen LogP contribution is -2.07. The van der Waals surface area contributed by atoms with Crippen LogP contribution in [0.15, 0.2) is 47.9 Å². The van der Waals surface area contributed by atoms with Crippen LogP contribution < -0.4 is 0 Å². The molecule has 0 saturated carbocycles. The van der Waals surface area contributed by atoms with Gasteiger partial charge in [0.1, 0.15) is 0 Å². The summed E-state index contributed by atoms with van der Waals surface area (Å²) < 4.78 is 0. The Balaban J connectivity index is 5.24. The number of rotatable bonds is 4. The third kappa shape index (κ3) is 4.89. The van der Waals surface area contributed by atoms with Crippen molar-refractivity contribution in [3.63, 3.8) is 0 Å². The van der Waals surface area contributed by atoms with Crippen molar-refractivity contribution in [1.82, 2.24) is 0 Å². The first-order valence-electron chi connectivity index (χ1n) is 5.48. The molecule has 0 unspecified atom stereocenters. The molecular formula is C15H26S. The Kier molecular flexibility index (Phi) is 5.34. The van der Waals surface area contributed by atoms with E-state index in [0.29, 0.717) is 0 Å². The highest BCUT2D eigenvalue weighted by Gasteiger charge is 2.13. The maximum atomic E-state index is 3.89. The van der Waals surface area contributed by atoms with Crippen LogP contribution in [0.1, 0.15) is 20.8 Å². The van der Waals surface area contributed by atoms with Crippen molar-refractivity contribution in [1.29, 1.82) is 0 Å². The Labute approximate surface area is 103 Å². The zero-order valence-electron chi connectivity index (χ0n) is 11.6. The Morgan fingerprint density at radius 2 is 1.44 bits per heavy atom. The van der Waals surface area contributed by atoms with Gasteiger partial charge in [-0.25, -0.2) is 10.0 Å². The second-order valence-electron chi connectivity index (χ2n) is 5.69. The van der Waals surface area contributed by atoms with Gasteiger partial charge in [0.05, 0.1) is 0 Å². The van der Waals surface area contributed by atoms with E-state index in [4.69, 9.17) is 0 Å². The molecule has 1 heteroatoms. The molecule has 0 atom stereocenters. The van der Waals surface area contributed by atoms with E-state index in [9.17, 15) is 0 Å². The molecule has 0 spiro atoms. The summed E-state index contributed by atoms with van der Waals surface area (Å²) in [5.74, 6) is 0. The van der Waals surface area contributed by atoms with Gasteiger partial charge in [-0.1, -0.05) is 52.2 Å². The van der Waals surface area contributed by atoms with E-state index in [2.05, 4.69) is 64.8 Å². The van der Waals surface area contributed by atoms with Gasteiger partial charge < -0.3 is 0 Å². The van der Waals surface area contributed by atoms with Crippen LogP contribution in [0.4, 0.5) is 0 Å². The zero-order chi connectivity index (χ0) is 13.0. The quantitative estimate of drug-likeness (QED) is 0.611. The van der Waals surface area contributed by atoms with Gasteiger partial charge in [0, 0.05) is 0 Å². The van der Waals surface area contributed by atoms with Crippen LogP contribution in [0, 0.1) is 5.41 Å². The molecule has 0 aliphatic heterocycles. The summed E-state index contributed by atoms with van der Waals surface area (Å²) in [6.07, 6.45) is 15.1. The van der Waals surface area contributed by atoms with Gasteiger partial charge in [0.2, 0.25) is 0 Å². The molecule has 0 fully saturated rings. The average Bonchev–Trinajstić information content (AvgIpc) is 2.08. The van der Waals surface area contributed by atoms with Crippen molar-refractivity contribution >= 4 is 10.0 Å². The fourth-order valence-corrected chi connectivity index (χ4v) is 2.29. The fraction of sp³-hybridized carbons (Fsp3) is 0.467. The third-order valence-corrected chi connectivity index (χ3v) is 4.14. The van der Waals surface area contributed by atoms with Crippen molar-refractivity contribution in [2.24, 2.45) is 5.41 Å². The molecule has 0 rings (SSSR count). The Morgan fingerprint density at radius 1 is 0.938 bits per heavy atom. The van der Waals surface area contributed by atoms with Gasteiger partial charge in [0.25, 0.3) is 0 Å². The first kappa shape index (κ1) is 15.3. The topological polar surface area (TPSA) is 0 Å². The molecule has 92 valence electrons. The van der Waals surface area contributed by atoms with E-state index in [1.165, 1.54) is 10.5 Å². The molecule has 0 aromatic heterocycles. The van der Waals surface area contributed by atoms with Gasteiger partial charge in [0.15, 0.2) is 0 Å². The molecule has 0 radical (unpaired) electrons. The Hall–Kier alpha value is -0.690. The number of allylic oxidation sites excluding steroid dienone is 5. The number of hydrogen-bond acceptors (Lipinski definition) is 0. The van der Waals surface area contributed by atoms with Gasteiger partial charge >= 0.3 is 0 Å². The first-order valence-corrected chi connectivity index (χ1v) is 8.34. The summed E-state index contributed by atoms with van der Waals surface area (Å²) in [6.45, 7) is 14.4. The summed E-state index contributed by atoms with van der Waals surface area (Å²) in [5, 5.41) is 0. The third-order valence-electron chi connectivity index (χ3n) is 2.42. The monoisotopic (exact) mass is 238 g/mol. The van der Waals surface area contributed by atoms with Crippen molar-refractivity contribution in [2.45, 2.75) is 20.8 Å². The van der Waals surface area contributed by atoms with Crippen LogP contribution in [-0.4, -0.2) is 18.8 Å². The van der Waals surface area contributed by atoms with Crippen molar-refractivity contribution < 1.29 is 0 Å².